The van der Waals surface area contributed by atoms with Crippen LogP contribution in [0.25, 0.3) is 11.3 Å². The van der Waals surface area contributed by atoms with Crippen molar-refractivity contribution in [3.8, 4) is 11.3 Å². The maximum atomic E-state index is 11.3. The van der Waals surface area contributed by atoms with E-state index in [1.807, 2.05) is 0 Å². The first kappa shape index (κ1) is 10.2. The molecule has 0 aliphatic carbocycles. The Kier molecular flexibility index (Phi) is 2.50. The topological polar surface area (TPSA) is 62.8 Å². The highest BCUT2D eigenvalue weighted by Crippen LogP contribution is 2.27. The predicted molar refractivity (Wildman–Crippen MR) is 57.1 cm³/mol. The SMILES string of the molecule is O=S(=O)(Cl)c1ccccc1-c1ccn[nH]1. The molecule has 0 aliphatic rings. The molecule has 15 heavy (non-hydrogen) atoms. The molecular formula is C9H7ClN2O2S. The van der Waals surface area contributed by atoms with Crippen LogP contribution in [-0.2, 0) is 9.05 Å². The first-order valence-electron chi connectivity index (χ1n) is 4.12. The van der Waals surface area contributed by atoms with Crippen LogP contribution in [0.5, 0.6) is 0 Å². The monoisotopic (exact) mass is 242 g/mol. The van der Waals surface area contributed by atoms with Gasteiger partial charge in [0.05, 0.1) is 10.6 Å². The van der Waals surface area contributed by atoms with Crippen LogP contribution in [0.15, 0.2) is 41.4 Å². The maximum absolute atomic E-state index is 11.3. The van der Waals surface area contributed by atoms with Crippen LogP contribution >= 0.6 is 10.7 Å². The normalized spacial score (nSPS) is 11.5. The summed E-state index contributed by atoms with van der Waals surface area (Å²) in [5, 5.41) is 6.45. The fraction of sp³-hybridized carbons (Fsp3) is 0. The zero-order valence-corrected chi connectivity index (χ0v) is 9.09. The van der Waals surface area contributed by atoms with Crippen LogP contribution in [-0.4, -0.2) is 18.6 Å². The highest BCUT2D eigenvalue weighted by molar-refractivity contribution is 8.13. The molecule has 0 fully saturated rings. The van der Waals surface area contributed by atoms with Crippen molar-refractivity contribution in [2.45, 2.75) is 4.90 Å². The Bertz CT molecular complexity index is 564. The van der Waals surface area contributed by atoms with E-state index >= 15 is 0 Å². The number of halogens is 1. The second kappa shape index (κ2) is 3.67. The van der Waals surface area contributed by atoms with Crippen LogP contribution in [0.1, 0.15) is 0 Å². The van der Waals surface area contributed by atoms with Gasteiger partial charge in [-0.25, -0.2) is 8.42 Å². The molecule has 1 aromatic carbocycles. The molecule has 4 nitrogen and oxygen atoms in total. The summed E-state index contributed by atoms with van der Waals surface area (Å²) in [6.45, 7) is 0. The highest BCUT2D eigenvalue weighted by Gasteiger charge is 2.16. The molecule has 0 unspecified atom stereocenters. The van der Waals surface area contributed by atoms with Crippen molar-refractivity contribution >= 4 is 19.7 Å². The van der Waals surface area contributed by atoms with E-state index in [0.717, 1.165) is 0 Å². The Labute approximate surface area is 91.3 Å². The molecule has 2 rings (SSSR count). The van der Waals surface area contributed by atoms with Crippen molar-refractivity contribution in [2.75, 3.05) is 0 Å². The van der Waals surface area contributed by atoms with E-state index < -0.39 is 9.05 Å². The molecular weight excluding hydrogens is 236 g/mol. The Balaban J connectivity index is 2.68. The Morgan fingerprint density at radius 3 is 2.53 bits per heavy atom. The fourth-order valence-electron chi connectivity index (χ4n) is 1.31. The van der Waals surface area contributed by atoms with E-state index in [4.69, 9.17) is 10.7 Å². The average molecular weight is 243 g/mol. The predicted octanol–water partition coefficient (Wildman–Crippen LogP) is 2.00. The lowest BCUT2D eigenvalue weighted by molar-refractivity contribution is 0.610. The maximum Gasteiger partial charge on any atom is 0.261 e. The van der Waals surface area contributed by atoms with E-state index in [1.165, 1.54) is 6.07 Å². The molecule has 0 amide bonds. The van der Waals surface area contributed by atoms with Crippen LogP contribution in [0.4, 0.5) is 0 Å². The summed E-state index contributed by atoms with van der Waals surface area (Å²) in [4.78, 5) is 0.0796. The molecule has 78 valence electrons. The van der Waals surface area contributed by atoms with Gasteiger partial charge < -0.3 is 0 Å². The molecule has 0 radical (unpaired) electrons. The third kappa shape index (κ3) is 2.03. The van der Waals surface area contributed by atoms with Gasteiger partial charge in [0.2, 0.25) is 0 Å². The summed E-state index contributed by atoms with van der Waals surface area (Å²) in [5.41, 5.74) is 1.14. The number of aromatic amines is 1. The average Bonchev–Trinajstić information content (AvgIpc) is 2.69. The van der Waals surface area contributed by atoms with Gasteiger partial charge in [0.1, 0.15) is 0 Å². The Hall–Kier alpha value is -1.33. The summed E-state index contributed by atoms with van der Waals surface area (Å²) in [7, 11) is 1.58. The van der Waals surface area contributed by atoms with E-state index in [2.05, 4.69) is 10.2 Å². The number of nitrogens with one attached hydrogen (secondary N) is 1. The van der Waals surface area contributed by atoms with Crippen molar-refractivity contribution in [2.24, 2.45) is 0 Å². The van der Waals surface area contributed by atoms with Gasteiger partial charge in [-0.2, -0.15) is 5.10 Å². The van der Waals surface area contributed by atoms with Gasteiger partial charge in [-0.15, -0.1) is 0 Å². The van der Waals surface area contributed by atoms with Gasteiger partial charge in [0.15, 0.2) is 0 Å². The molecule has 0 aliphatic heterocycles. The first-order valence-corrected chi connectivity index (χ1v) is 6.43. The molecule has 0 saturated heterocycles. The standard InChI is InChI=1S/C9H7ClN2O2S/c10-15(13,14)9-4-2-1-3-7(9)8-5-6-11-12-8/h1-6H,(H,11,12). The van der Waals surface area contributed by atoms with Gasteiger partial charge in [-0.1, -0.05) is 18.2 Å². The van der Waals surface area contributed by atoms with E-state index in [1.54, 1.807) is 30.5 Å². The number of rotatable bonds is 2. The quantitative estimate of drug-likeness (QED) is 0.820. The van der Waals surface area contributed by atoms with Crippen molar-refractivity contribution in [1.82, 2.24) is 10.2 Å². The largest absolute Gasteiger partial charge is 0.278 e. The molecule has 0 saturated carbocycles. The van der Waals surface area contributed by atoms with Crippen LogP contribution in [0, 0.1) is 0 Å². The third-order valence-corrected chi connectivity index (χ3v) is 3.32. The molecule has 0 spiro atoms. The highest BCUT2D eigenvalue weighted by atomic mass is 35.7. The minimum Gasteiger partial charge on any atom is -0.278 e. The van der Waals surface area contributed by atoms with Gasteiger partial charge in [0.25, 0.3) is 9.05 Å². The van der Waals surface area contributed by atoms with Crippen LogP contribution < -0.4 is 0 Å². The first-order chi connectivity index (χ1) is 7.09. The molecule has 1 N–H and O–H groups in total. The summed E-state index contributed by atoms with van der Waals surface area (Å²) < 4.78 is 22.6. The minimum atomic E-state index is -3.74. The van der Waals surface area contributed by atoms with Gasteiger partial charge in [-0.05, 0) is 12.1 Å². The Morgan fingerprint density at radius 1 is 1.20 bits per heavy atom. The zero-order chi connectivity index (χ0) is 10.9. The fourth-order valence-corrected chi connectivity index (χ4v) is 2.39. The minimum absolute atomic E-state index is 0.0796. The summed E-state index contributed by atoms with van der Waals surface area (Å²) in [5.74, 6) is 0. The lowest BCUT2D eigenvalue weighted by atomic mass is 10.1. The Morgan fingerprint density at radius 2 is 1.93 bits per heavy atom. The molecule has 6 heteroatoms. The van der Waals surface area contributed by atoms with E-state index in [-0.39, 0.29) is 4.90 Å². The number of hydrogen-bond acceptors (Lipinski definition) is 3. The number of H-pyrrole nitrogens is 1. The lowest BCUT2D eigenvalue weighted by Gasteiger charge is -2.03. The van der Waals surface area contributed by atoms with Crippen LogP contribution in [0.3, 0.4) is 0 Å². The lowest BCUT2D eigenvalue weighted by Crippen LogP contribution is -1.94. The summed E-state index contributed by atoms with van der Waals surface area (Å²) in [6, 6.07) is 8.17. The molecule has 1 heterocycles. The molecule has 1 aromatic heterocycles. The smallest absolute Gasteiger partial charge is 0.261 e. The number of hydrogen-bond donors (Lipinski definition) is 1. The zero-order valence-electron chi connectivity index (χ0n) is 7.51. The second-order valence-electron chi connectivity index (χ2n) is 2.90. The number of nitrogens with zero attached hydrogens (tertiary/aromatic N) is 1. The van der Waals surface area contributed by atoms with E-state index in [9.17, 15) is 8.42 Å². The van der Waals surface area contributed by atoms with Gasteiger partial charge in [0, 0.05) is 22.4 Å². The van der Waals surface area contributed by atoms with E-state index in [0.29, 0.717) is 11.3 Å². The van der Waals surface area contributed by atoms with Crippen molar-refractivity contribution in [3.63, 3.8) is 0 Å². The molecule has 0 bridgehead atoms. The molecule has 2 aromatic rings. The van der Waals surface area contributed by atoms with Gasteiger partial charge in [-0.3, -0.25) is 5.10 Å². The van der Waals surface area contributed by atoms with Crippen molar-refractivity contribution in [1.29, 1.82) is 0 Å². The summed E-state index contributed by atoms with van der Waals surface area (Å²) >= 11 is 0. The second-order valence-corrected chi connectivity index (χ2v) is 5.44. The van der Waals surface area contributed by atoms with Crippen molar-refractivity contribution in [3.05, 3.63) is 36.5 Å². The van der Waals surface area contributed by atoms with Crippen molar-refractivity contribution < 1.29 is 8.42 Å². The third-order valence-electron chi connectivity index (χ3n) is 1.94. The summed E-state index contributed by atoms with van der Waals surface area (Å²) in [6.07, 6.45) is 1.55. The van der Waals surface area contributed by atoms with Gasteiger partial charge >= 0.3 is 0 Å². The number of aromatic nitrogens is 2. The molecule has 0 atom stereocenters. The van der Waals surface area contributed by atoms with Crippen LogP contribution in [0.2, 0.25) is 0 Å². The number of benzene rings is 1.